The Kier molecular flexibility index (Phi) is 6.70. The molecule has 3 nitrogen and oxygen atoms in total. The molecule has 2 fully saturated rings. The largest absolute Gasteiger partial charge is 0.379 e. The van der Waals surface area contributed by atoms with Crippen molar-refractivity contribution in [1.29, 1.82) is 0 Å². The van der Waals surface area contributed by atoms with Crippen LogP contribution in [0.4, 0.5) is 0 Å². The molecular formula is C24H35NO2S. The molecule has 0 spiro atoms. The molecule has 1 saturated carbocycles. The highest BCUT2D eigenvalue weighted by Crippen LogP contribution is 2.45. The second-order valence-corrected chi connectivity index (χ2v) is 10.00. The predicted octanol–water partition coefficient (Wildman–Crippen LogP) is 5.52. The summed E-state index contributed by atoms with van der Waals surface area (Å²) in [5, 5.41) is 2.20. The fourth-order valence-electron chi connectivity index (χ4n) is 5.43. The van der Waals surface area contributed by atoms with Gasteiger partial charge in [0.15, 0.2) is 5.78 Å². The van der Waals surface area contributed by atoms with E-state index < -0.39 is 0 Å². The minimum atomic E-state index is 0.256. The van der Waals surface area contributed by atoms with Crippen molar-refractivity contribution in [1.82, 2.24) is 4.90 Å². The number of ether oxygens (including phenoxy) is 1. The summed E-state index contributed by atoms with van der Waals surface area (Å²) < 4.78 is 5.50. The summed E-state index contributed by atoms with van der Waals surface area (Å²) in [6.07, 6.45) is 8.19. The van der Waals surface area contributed by atoms with E-state index in [9.17, 15) is 4.79 Å². The highest BCUT2D eigenvalue weighted by atomic mass is 32.1. The molecule has 1 aromatic heterocycles. The summed E-state index contributed by atoms with van der Waals surface area (Å²) in [5.41, 5.74) is 3.69. The normalized spacial score (nSPS) is 27.5. The van der Waals surface area contributed by atoms with Crippen LogP contribution < -0.4 is 0 Å². The van der Waals surface area contributed by atoms with Crippen LogP contribution >= 0.6 is 11.3 Å². The van der Waals surface area contributed by atoms with Crippen LogP contribution in [-0.2, 0) is 9.53 Å². The first-order valence-corrected chi connectivity index (χ1v) is 12.1. The van der Waals surface area contributed by atoms with Crippen LogP contribution in [-0.4, -0.2) is 43.5 Å². The number of hydrogen-bond acceptors (Lipinski definition) is 4. The van der Waals surface area contributed by atoms with Gasteiger partial charge in [-0.3, -0.25) is 9.69 Å². The first-order chi connectivity index (χ1) is 13.6. The van der Waals surface area contributed by atoms with Crippen molar-refractivity contribution >= 4 is 22.7 Å². The maximum Gasteiger partial charge on any atom is 0.166 e. The molecule has 4 rings (SSSR count). The van der Waals surface area contributed by atoms with Gasteiger partial charge in [0, 0.05) is 29.5 Å². The van der Waals surface area contributed by atoms with Gasteiger partial charge in [-0.2, -0.15) is 0 Å². The van der Waals surface area contributed by atoms with Gasteiger partial charge in [0.2, 0.25) is 0 Å². The Labute approximate surface area is 174 Å². The molecular weight excluding hydrogens is 366 g/mol. The van der Waals surface area contributed by atoms with E-state index in [0.29, 0.717) is 17.6 Å². The van der Waals surface area contributed by atoms with Crippen molar-refractivity contribution in [2.24, 2.45) is 11.8 Å². The van der Waals surface area contributed by atoms with Crippen molar-refractivity contribution in [3.05, 3.63) is 27.5 Å². The molecule has 0 amide bonds. The molecule has 1 aliphatic heterocycles. The number of fused-ring (bicyclic) bond motifs is 1. The lowest BCUT2D eigenvalue weighted by Crippen LogP contribution is -2.37. The quantitative estimate of drug-likeness (QED) is 0.651. The van der Waals surface area contributed by atoms with Crippen LogP contribution in [0, 0.1) is 11.8 Å². The lowest BCUT2D eigenvalue weighted by atomic mass is 9.81. The maximum atomic E-state index is 13.5. The maximum absolute atomic E-state index is 13.5. The van der Waals surface area contributed by atoms with E-state index in [4.69, 9.17) is 4.74 Å². The van der Waals surface area contributed by atoms with E-state index in [0.717, 1.165) is 57.7 Å². The molecule has 0 N–H and O–H groups in total. The second kappa shape index (κ2) is 9.23. The Hall–Kier alpha value is -0.970. The standard InChI is InChI=1S/C24H35NO2S/c1-17-16-20(8-10-25-11-13-27-14-12-25)18(2)24-21(9-15-28-24)22(17)23(26)19-6-4-3-5-7-19/h9,15,18-20H,3-8,10-14,16H2,1-2H3. The molecule has 0 aromatic carbocycles. The summed E-state index contributed by atoms with van der Waals surface area (Å²) >= 11 is 1.86. The predicted molar refractivity (Wildman–Crippen MR) is 117 cm³/mol. The Morgan fingerprint density at radius 2 is 1.96 bits per heavy atom. The smallest absolute Gasteiger partial charge is 0.166 e. The third-order valence-electron chi connectivity index (χ3n) is 7.22. The Morgan fingerprint density at radius 1 is 1.21 bits per heavy atom. The number of hydrogen-bond donors (Lipinski definition) is 0. The van der Waals surface area contributed by atoms with Crippen LogP contribution in [0.3, 0.4) is 0 Å². The minimum absolute atomic E-state index is 0.256. The molecule has 1 aromatic rings. The Bertz CT molecular complexity index is 710. The molecule has 2 unspecified atom stereocenters. The van der Waals surface area contributed by atoms with Crippen molar-refractivity contribution in [3.8, 4) is 0 Å². The van der Waals surface area contributed by atoms with Gasteiger partial charge in [0.05, 0.1) is 13.2 Å². The van der Waals surface area contributed by atoms with Crippen molar-refractivity contribution in [2.75, 3.05) is 32.8 Å². The van der Waals surface area contributed by atoms with Gasteiger partial charge in [-0.1, -0.05) is 31.8 Å². The third-order valence-corrected chi connectivity index (χ3v) is 8.34. The Morgan fingerprint density at radius 3 is 2.71 bits per heavy atom. The van der Waals surface area contributed by atoms with Gasteiger partial charge in [0.1, 0.15) is 0 Å². The fourth-order valence-corrected chi connectivity index (χ4v) is 6.49. The van der Waals surface area contributed by atoms with E-state index in [2.05, 4.69) is 30.2 Å². The van der Waals surface area contributed by atoms with Gasteiger partial charge >= 0.3 is 0 Å². The summed E-state index contributed by atoms with van der Waals surface area (Å²) in [5.74, 6) is 1.85. The van der Waals surface area contributed by atoms with Crippen molar-refractivity contribution < 1.29 is 9.53 Å². The number of nitrogens with zero attached hydrogens (tertiary/aromatic N) is 1. The van der Waals surface area contributed by atoms with Gasteiger partial charge in [-0.05, 0) is 68.0 Å². The van der Waals surface area contributed by atoms with Crippen LogP contribution in [0.15, 0.2) is 17.0 Å². The third kappa shape index (κ3) is 4.29. The number of rotatable bonds is 5. The van der Waals surface area contributed by atoms with Crippen LogP contribution in [0.25, 0.3) is 5.57 Å². The molecule has 2 heterocycles. The van der Waals surface area contributed by atoms with Gasteiger partial charge < -0.3 is 4.74 Å². The van der Waals surface area contributed by atoms with Gasteiger partial charge in [-0.25, -0.2) is 0 Å². The average molecular weight is 402 g/mol. The number of morpholine rings is 1. The number of carbonyl (C=O) groups is 1. The first kappa shape index (κ1) is 20.3. The van der Waals surface area contributed by atoms with E-state index in [1.807, 2.05) is 11.3 Å². The monoisotopic (exact) mass is 401 g/mol. The van der Waals surface area contributed by atoms with Crippen molar-refractivity contribution in [2.45, 2.75) is 64.7 Å². The van der Waals surface area contributed by atoms with E-state index in [1.54, 1.807) is 0 Å². The molecule has 2 atom stereocenters. The van der Waals surface area contributed by atoms with E-state index in [-0.39, 0.29) is 5.92 Å². The lowest BCUT2D eigenvalue weighted by Gasteiger charge is -2.30. The molecule has 1 saturated heterocycles. The van der Waals surface area contributed by atoms with Crippen LogP contribution in [0.2, 0.25) is 0 Å². The fraction of sp³-hybridized carbons (Fsp3) is 0.708. The van der Waals surface area contributed by atoms with E-state index in [1.165, 1.54) is 41.7 Å². The molecule has 154 valence electrons. The zero-order chi connectivity index (χ0) is 19.5. The van der Waals surface area contributed by atoms with Gasteiger partial charge in [0.25, 0.3) is 0 Å². The molecule has 2 aliphatic carbocycles. The first-order valence-electron chi connectivity index (χ1n) is 11.3. The number of thiophene rings is 1. The second-order valence-electron chi connectivity index (χ2n) is 9.05. The molecule has 0 radical (unpaired) electrons. The number of carbonyl (C=O) groups excluding carboxylic acids is 1. The molecule has 28 heavy (non-hydrogen) atoms. The molecule has 4 heteroatoms. The highest BCUT2D eigenvalue weighted by Gasteiger charge is 2.34. The Balaban J connectivity index is 1.55. The van der Waals surface area contributed by atoms with Gasteiger partial charge in [-0.15, -0.1) is 11.3 Å². The minimum Gasteiger partial charge on any atom is -0.379 e. The summed E-state index contributed by atoms with van der Waals surface area (Å²) in [7, 11) is 0. The lowest BCUT2D eigenvalue weighted by molar-refractivity contribution is -0.118. The summed E-state index contributed by atoms with van der Waals surface area (Å²) in [6.45, 7) is 9.63. The molecule has 0 bridgehead atoms. The SMILES string of the molecule is CC1=C(C(=O)C2CCCCC2)c2ccsc2C(C)C(CCN2CCOCC2)C1. The summed E-state index contributed by atoms with van der Waals surface area (Å²) in [6, 6.07) is 2.22. The zero-order valence-corrected chi connectivity index (χ0v) is 18.4. The van der Waals surface area contributed by atoms with Crippen molar-refractivity contribution in [3.63, 3.8) is 0 Å². The average Bonchev–Trinajstić information content (AvgIpc) is 3.18. The number of Topliss-reactive ketones (excluding diaryl/α,β-unsaturated/α-hetero) is 1. The van der Waals surface area contributed by atoms with E-state index >= 15 is 0 Å². The molecule has 3 aliphatic rings. The number of allylic oxidation sites excluding steroid dienone is 2. The summed E-state index contributed by atoms with van der Waals surface area (Å²) in [4.78, 5) is 17.5. The zero-order valence-electron chi connectivity index (χ0n) is 17.5. The highest BCUT2D eigenvalue weighted by molar-refractivity contribution is 7.10. The van der Waals surface area contributed by atoms with Crippen LogP contribution in [0.5, 0.6) is 0 Å². The number of ketones is 1. The van der Waals surface area contributed by atoms with Crippen LogP contribution in [0.1, 0.15) is 75.2 Å². The topological polar surface area (TPSA) is 29.5 Å².